The van der Waals surface area contributed by atoms with Gasteiger partial charge in [-0.15, -0.1) is 0 Å². The number of H-pyrrole nitrogens is 1. The van der Waals surface area contributed by atoms with Gasteiger partial charge >= 0.3 is 0 Å². The number of ether oxygens (including phenoxy) is 1. The first kappa shape index (κ1) is 13.2. The van der Waals surface area contributed by atoms with E-state index in [0.29, 0.717) is 12.2 Å². The van der Waals surface area contributed by atoms with Gasteiger partial charge in [-0.1, -0.05) is 6.07 Å². The van der Waals surface area contributed by atoms with E-state index in [-0.39, 0.29) is 5.91 Å². The van der Waals surface area contributed by atoms with Gasteiger partial charge in [0.1, 0.15) is 5.75 Å². The van der Waals surface area contributed by atoms with Crippen molar-refractivity contribution in [1.29, 1.82) is 0 Å². The summed E-state index contributed by atoms with van der Waals surface area (Å²) in [6, 6.07) is 14.9. The van der Waals surface area contributed by atoms with Gasteiger partial charge in [-0.2, -0.15) is 0 Å². The summed E-state index contributed by atoms with van der Waals surface area (Å²) >= 11 is 0. The van der Waals surface area contributed by atoms with Crippen LogP contribution in [0.4, 0.5) is 5.69 Å². The van der Waals surface area contributed by atoms with Gasteiger partial charge in [-0.05, 0) is 54.8 Å². The number of anilines is 1. The highest BCUT2D eigenvalue weighted by Crippen LogP contribution is 2.18. The molecular formula is C17H16N2O2. The Morgan fingerprint density at radius 3 is 2.71 bits per heavy atom. The van der Waals surface area contributed by atoms with Crippen LogP contribution in [0.5, 0.6) is 5.75 Å². The molecule has 0 atom stereocenters. The molecule has 4 nitrogen and oxygen atoms in total. The number of aromatic nitrogens is 1. The van der Waals surface area contributed by atoms with Crippen molar-refractivity contribution in [3.05, 3.63) is 60.3 Å². The molecule has 21 heavy (non-hydrogen) atoms. The summed E-state index contributed by atoms with van der Waals surface area (Å²) in [4.78, 5) is 15.3. The molecule has 1 aromatic heterocycles. The van der Waals surface area contributed by atoms with Crippen LogP contribution in [0.3, 0.4) is 0 Å². The molecule has 0 aliphatic heterocycles. The van der Waals surface area contributed by atoms with Gasteiger partial charge in [0, 0.05) is 23.0 Å². The summed E-state index contributed by atoms with van der Waals surface area (Å²) in [5.41, 5.74) is 2.32. The zero-order valence-corrected chi connectivity index (χ0v) is 11.7. The molecule has 0 fully saturated rings. The van der Waals surface area contributed by atoms with Gasteiger partial charge in [0.2, 0.25) is 0 Å². The van der Waals surface area contributed by atoms with Crippen LogP contribution in [0.1, 0.15) is 17.3 Å². The van der Waals surface area contributed by atoms with Crippen LogP contribution in [0, 0.1) is 0 Å². The second-order valence-corrected chi connectivity index (χ2v) is 4.69. The molecule has 0 saturated carbocycles. The van der Waals surface area contributed by atoms with E-state index in [1.54, 1.807) is 0 Å². The minimum Gasteiger partial charge on any atom is -0.494 e. The van der Waals surface area contributed by atoms with E-state index >= 15 is 0 Å². The maximum atomic E-state index is 12.2. The summed E-state index contributed by atoms with van der Waals surface area (Å²) in [5.74, 6) is 0.666. The third-order valence-corrected chi connectivity index (χ3v) is 3.24. The normalized spacial score (nSPS) is 10.5. The number of carbonyl (C=O) groups excluding carboxylic acids is 1. The number of nitrogens with one attached hydrogen (secondary N) is 2. The first-order valence-electron chi connectivity index (χ1n) is 6.87. The number of benzene rings is 2. The fraction of sp³-hybridized carbons (Fsp3) is 0.118. The van der Waals surface area contributed by atoms with Crippen molar-refractivity contribution in [1.82, 2.24) is 4.98 Å². The van der Waals surface area contributed by atoms with Gasteiger partial charge in [0.05, 0.1) is 6.61 Å². The second-order valence-electron chi connectivity index (χ2n) is 4.69. The van der Waals surface area contributed by atoms with Gasteiger partial charge in [-0.25, -0.2) is 0 Å². The number of rotatable bonds is 4. The van der Waals surface area contributed by atoms with Crippen LogP contribution >= 0.6 is 0 Å². The minimum absolute atomic E-state index is 0.129. The minimum atomic E-state index is -0.129. The Labute approximate surface area is 122 Å². The number of hydrogen-bond acceptors (Lipinski definition) is 2. The van der Waals surface area contributed by atoms with E-state index in [1.807, 2.05) is 61.7 Å². The quantitative estimate of drug-likeness (QED) is 0.763. The predicted octanol–water partition coefficient (Wildman–Crippen LogP) is 3.82. The maximum absolute atomic E-state index is 12.2. The van der Waals surface area contributed by atoms with E-state index < -0.39 is 0 Å². The molecule has 0 unspecified atom stereocenters. The molecule has 1 amide bonds. The van der Waals surface area contributed by atoms with Crippen LogP contribution in [-0.4, -0.2) is 17.5 Å². The molecule has 3 aromatic rings. The average molecular weight is 280 g/mol. The Kier molecular flexibility index (Phi) is 3.60. The van der Waals surface area contributed by atoms with Crippen molar-refractivity contribution in [3.63, 3.8) is 0 Å². The Hall–Kier alpha value is -2.75. The van der Waals surface area contributed by atoms with Crippen LogP contribution in [0.15, 0.2) is 54.7 Å². The molecule has 0 aliphatic carbocycles. The topological polar surface area (TPSA) is 54.1 Å². The Bertz CT molecular complexity index is 760. The lowest BCUT2D eigenvalue weighted by atomic mass is 10.1. The second kappa shape index (κ2) is 5.71. The SMILES string of the molecule is CCOc1ccc(NC(=O)c2ccc3cc[nH]c3c2)cc1. The van der Waals surface area contributed by atoms with E-state index in [9.17, 15) is 4.79 Å². The summed E-state index contributed by atoms with van der Waals surface area (Å²) in [7, 11) is 0. The average Bonchev–Trinajstić information content (AvgIpc) is 2.97. The van der Waals surface area contributed by atoms with Crippen LogP contribution in [0.25, 0.3) is 10.9 Å². The fourth-order valence-corrected chi connectivity index (χ4v) is 2.19. The van der Waals surface area contributed by atoms with E-state index in [2.05, 4.69) is 10.3 Å². The Morgan fingerprint density at radius 1 is 1.14 bits per heavy atom. The lowest BCUT2D eigenvalue weighted by Crippen LogP contribution is -2.11. The zero-order valence-electron chi connectivity index (χ0n) is 11.7. The molecule has 2 N–H and O–H groups in total. The lowest BCUT2D eigenvalue weighted by Gasteiger charge is -2.07. The molecule has 1 heterocycles. The Morgan fingerprint density at radius 2 is 1.95 bits per heavy atom. The van der Waals surface area contributed by atoms with Gasteiger partial charge in [0.25, 0.3) is 5.91 Å². The first-order chi connectivity index (χ1) is 10.3. The van der Waals surface area contributed by atoms with E-state index in [4.69, 9.17) is 4.74 Å². The maximum Gasteiger partial charge on any atom is 0.255 e. The molecule has 3 rings (SSSR count). The van der Waals surface area contributed by atoms with Crippen molar-refractivity contribution >= 4 is 22.5 Å². The number of fused-ring (bicyclic) bond motifs is 1. The van der Waals surface area contributed by atoms with Crippen molar-refractivity contribution in [2.24, 2.45) is 0 Å². The van der Waals surface area contributed by atoms with E-state index in [0.717, 1.165) is 22.3 Å². The summed E-state index contributed by atoms with van der Waals surface area (Å²) in [6.07, 6.45) is 1.86. The van der Waals surface area contributed by atoms with Gasteiger partial charge < -0.3 is 15.0 Å². The molecule has 4 heteroatoms. The molecule has 0 spiro atoms. The van der Waals surface area contributed by atoms with Crippen LogP contribution in [0.2, 0.25) is 0 Å². The largest absolute Gasteiger partial charge is 0.494 e. The number of amides is 1. The predicted molar refractivity (Wildman–Crippen MR) is 83.9 cm³/mol. The lowest BCUT2D eigenvalue weighted by molar-refractivity contribution is 0.102. The highest BCUT2D eigenvalue weighted by molar-refractivity contribution is 6.06. The third-order valence-electron chi connectivity index (χ3n) is 3.24. The zero-order chi connectivity index (χ0) is 14.7. The van der Waals surface area contributed by atoms with Crippen molar-refractivity contribution in [3.8, 4) is 5.75 Å². The standard InChI is InChI=1S/C17H16N2O2/c1-2-21-15-7-5-14(6-8-15)19-17(20)13-4-3-12-9-10-18-16(12)11-13/h3-11,18H,2H2,1H3,(H,19,20). The smallest absolute Gasteiger partial charge is 0.255 e. The summed E-state index contributed by atoms with van der Waals surface area (Å²) < 4.78 is 5.37. The highest BCUT2D eigenvalue weighted by atomic mass is 16.5. The van der Waals surface area contributed by atoms with Crippen molar-refractivity contribution in [2.75, 3.05) is 11.9 Å². The van der Waals surface area contributed by atoms with Crippen molar-refractivity contribution < 1.29 is 9.53 Å². The molecular weight excluding hydrogens is 264 g/mol. The van der Waals surface area contributed by atoms with E-state index in [1.165, 1.54) is 0 Å². The number of aromatic amines is 1. The van der Waals surface area contributed by atoms with Crippen molar-refractivity contribution in [2.45, 2.75) is 6.92 Å². The molecule has 0 aliphatic rings. The summed E-state index contributed by atoms with van der Waals surface area (Å²) in [5, 5.41) is 3.97. The Balaban J connectivity index is 1.75. The van der Waals surface area contributed by atoms with Crippen LogP contribution < -0.4 is 10.1 Å². The third kappa shape index (κ3) is 2.89. The molecule has 0 bridgehead atoms. The van der Waals surface area contributed by atoms with Crippen LogP contribution in [-0.2, 0) is 0 Å². The highest BCUT2D eigenvalue weighted by Gasteiger charge is 2.07. The molecule has 106 valence electrons. The molecule has 2 aromatic carbocycles. The molecule has 0 radical (unpaired) electrons. The monoisotopic (exact) mass is 280 g/mol. The van der Waals surface area contributed by atoms with Gasteiger partial charge in [-0.3, -0.25) is 4.79 Å². The molecule has 0 saturated heterocycles. The van der Waals surface area contributed by atoms with Gasteiger partial charge in [0.15, 0.2) is 0 Å². The summed E-state index contributed by atoms with van der Waals surface area (Å²) in [6.45, 7) is 2.56. The first-order valence-corrected chi connectivity index (χ1v) is 6.87. The fourth-order valence-electron chi connectivity index (χ4n) is 2.19. The number of hydrogen-bond donors (Lipinski definition) is 2. The number of carbonyl (C=O) groups is 1.